The fourth-order valence-electron chi connectivity index (χ4n) is 2.90. The van der Waals surface area contributed by atoms with Crippen molar-refractivity contribution in [3.63, 3.8) is 0 Å². The topological polar surface area (TPSA) is 74.0 Å². The third-order valence-corrected chi connectivity index (χ3v) is 3.89. The first kappa shape index (κ1) is 13.9. The van der Waals surface area contributed by atoms with Crippen LogP contribution in [0.25, 0.3) is 11.3 Å². The highest BCUT2D eigenvalue weighted by Crippen LogP contribution is 2.43. The molecule has 3 heterocycles. The van der Waals surface area contributed by atoms with Gasteiger partial charge in [0.2, 0.25) is 0 Å². The number of aliphatic hydroxyl groups is 1. The first-order valence-corrected chi connectivity index (χ1v) is 7.25. The molecule has 0 radical (unpaired) electrons. The summed E-state index contributed by atoms with van der Waals surface area (Å²) in [4.78, 5) is 0. The van der Waals surface area contributed by atoms with Crippen molar-refractivity contribution in [3.8, 4) is 11.3 Å². The van der Waals surface area contributed by atoms with Crippen molar-refractivity contribution in [2.75, 3.05) is 0 Å². The fraction of sp³-hybridized carbons (Fsp3) is 0.438. The summed E-state index contributed by atoms with van der Waals surface area (Å²) in [5, 5.41) is 14.4. The monoisotopic (exact) mass is 303 g/mol. The highest BCUT2D eigenvalue weighted by Gasteiger charge is 2.55. The third-order valence-electron chi connectivity index (χ3n) is 3.89. The number of hydrogen-bond donors (Lipinski definition) is 1. The van der Waals surface area contributed by atoms with Gasteiger partial charge in [-0.2, -0.15) is 0 Å². The zero-order valence-corrected chi connectivity index (χ0v) is 12.3. The molecule has 22 heavy (non-hydrogen) atoms. The average Bonchev–Trinajstić information content (AvgIpc) is 3.15. The summed E-state index contributed by atoms with van der Waals surface area (Å²) in [7, 11) is 0. The van der Waals surface area contributed by atoms with E-state index >= 15 is 0 Å². The molecule has 2 aliphatic rings. The van der Waals surface area contributed by atoms with E-state index in [0.717, 1.165) is 5.56 Å². The van der Waals surface area contributed by atoms with Crippen LogP contribution in [0.1, 0.15) is 25.6 Å². The minimum atomic E-state index is -0.847. The van der Waals surface area contributed by atoms with E-state index in [1.165, 1.54) is 0 Å². The standard InChI is InChI=1S/C16H17NO5/c1-16(2)20-14-12(18)13(19-15(14)21-16)10-8-11(22-17-10)9-6-4-3-5-7-9/h3-8,12-15,18H,1-2H3/t12-,13?,14+,15-/m1/s1. The lowest BCUT2D eigenvalue weighted by Crippen LogP contribution is -2.31. The molecule has 0 spiro atoms. The summed E-state index contributed by atoms with van der Waals surface area (Å²) < 4.78 is 22.4. The molecule has 0 bridgehead atoms. The Morgan fingerprint density at radius 2 is 1.91 bits per heavy atom. The van der Waals surface area contributed by atoms with Crippen LogP contribution in [0.5, 0.6) is 0 Å². The average molecular weight is 303 g/mol. The number of aromatic nitrogens is 1. The van der Waals surface area contributed by atoms with Crippen LogP contribution < -0.4 is 0 Å². The predicted molar refractivity (Wildman–Crippen MR) is 75.6 cm³/mol. The van der Waals surface area contributed by atoms with Crippen molar-refractivity contribution in [3.05, 3.63) is 42.1 Å². The molecule has 2 fully saturated rings. The Labute approximate surface area is 127 Å². The van der Waals surface area contributed by atoms with Crippen LogP contribution in [0.3, 0.4) is 0 Å². The van der Waals surface area contributed by atoms with Crippen molar-refractivity contribution in [1.29, 1.82) is 0 Å². The Morgan fingerprint density at radius 1 is 1.14 bits per heavy atom. The van der Waals surface area contributed by atoms with E-state index < -0.39 is 30.4 Å². The van der Waals surface area contributed by atoms with Gasteiger partial charge < -0.3 is 23.8 Å². The lowest BCUT2D eigenvalue weighted by Gasteiger charge is -2.21. The summed E-state index contributed by atoms with van der Waals surface area (Å²) in [5.74, 6) is -0.119. The SMILES string of the molecule is CC1(C)O[C@H]2OC(c3cc(-c4ccccc4)on3)[C@@H](O)[C@@H]2O1. The number of hydrogen-bond acceptors (Lipinski definition) is 6. The molecule has 0 saturated carbocycles. The highest BCUT2D eigenvalue weighted by atomic mass is 16.8. The van der Waals surface area contributed by atoms with E-state index in [-0.39, 0.29) is 0 Å². The first-order valence-electron chi connectivity index (χ1n) is 7.25. The first-order chi connectivity index (χ1) is 10.5. The van der Waals surface area contributed by atoms with Gasteiger partial charge in [0.05, 0.1) is 0 Å². The Morgan fingerprint density at radius 3 is 2.64 bits per heavy atom. The molecular weight excluding hydrogens is 286 g/mol. The van der Waals surface area contributed by atoms with Gasteiger partial charge in [0.15, 0.2) is 17.8 Å². The maximum atomic E-state index is 10.4. The molecule has 1 unspecified atom stereocenters. The number of benzene rings is 1. The molecule has 0 aliphatic carbocycles. The number of fused-ring (bicyclic) bond motifs is 1. The summed E-state index contributed by atoms with van der Waals surface area (Å²) in [6.07, 6.45) is -2.57. The van der Waals surface area contributed by atoms with Crippen molar-refractivity contribution in [2.45, 2.75) is 44.2 Å². The highest BCUT2D eigenvalue weighted by molar-refractivity contribution is 5.57. The van der Waals surface area contributed by atoms with Crippen molar-refractivity contribution < 1.29 is 23.8 Å². The number of nitrogens with zero attached hydrogens (tertiary/aromatic N) is 1. The van der Waals surface area contributed by atoms with Crippen LogP contribution in [0.2, 0.25) is 0 Å². The number of ether oxygens (including phenoxy) is 3. The molecule has 4 atom stereocenters. The molecule has 2 aliphatic heterocycles. The zero-order valence-electron chi connectivity index (χ0n) is 12.3. The fourth-order valence-corrected chi connectivity index (χ4v) is 2.90. The molecular formula is C16H17NO5. The Bertz CT molecular complexity index is 668. The van der Waals surface area contributed by atoms with E-state index in [1.807, 2.05) is 30.3 Å². The molecule has 1 N–H and O–H groups in total. The van der Waals surface area contributed by atoms with Crippen LogP contribution in [0, 0.1) is 0 Å². The Kier molecular flexibility index (Phi) is 3.09. The van der Waals surface area contributed by atoms with Crippen LogP contribution in [0.15, 0.2) is 40.9 Å². The molecule has 2 saturated heterocycles. The molecule has 6 heteroatoms. The molecule has 1 aromatic carbocycles. The minimum absolute atomic E-state index is 0.517. The van der Waals surface area contributed by atoms with E-state index in [0.29, 0.717) is 11.5 Å². The number of aliphatic hydroxyl groups excluding tert-OH is 1. The molecule has 116 valence electrons. The van der Waals surface area contributed by atoms with Gasteiger partial charge in [0.25, 0.3) is 0 Å². The van der Waals surface area contributed by atoms with Crippen LogP contribution in [0.4, 0.5) is 0 Å². The van der Waals surface area contributed by atoms with Crippen molar-refractivity contribution in [2.24, 2.45) is 0 Å². The second kappa shape index (κ2) is 4.89. The molecule has 4 rings (SSSR count). The second-order valence-corrected chi connectivity index (χ2v) is 6.00. The van der Waals surface area contributed by atoms with Gasteiger partial charge >= 0.3 is 0 Å². The van der Waals surface area contributed by atoms with Gasteiger partial charge in [-0.05, 0) is 13.8 Å². The van der Waals surface area contributed by atoms with Gasteiger partial charge in [-0.1, -0.05) is 35.5 Å². The summed E-state index contributed by atoms with van der Waals surface area (Å²) >= 11 is 0. The molecule has 6 nitrogen and oxygen atoms in total. The predicted octanol–water partition coefficient (Wildman–Crippen LogP) is 2.25. The van der Waals surface area contributed by atoms with Crippen LogP contribution in [-0.2, 0) is 14.2 Å². The van der Waals surface area contributed by atoms with E-state index in [2.05, 4.69) is 5.16 Å². The Balaban J connectivity index is 1.56. The van der Waals surface area contributed by atoms with Crippen molar-refractivity contribution in [1.82, 2.24) is 5.16 Å². The lowest BCUT2D eigenvalue weighted by atomic mass is 10.1. The van der Waals surface area contributed by atoms with Crippen molar-refractivity contribution >= 4 is 0 Å². The minimum Gasteiger partial charge on any atom is -0.387 e. The number of rotatable bonds is 2. The lowest BCUT2D eigenvalue weighted by molar-refractivity contribution is -0.216. The molecule has 2 aromatic rings. The quantitative estimate of drug-likeness (QED) is 0.917. The van der Waals surface area contributed by atoms with E-state index in [9.17, 15) is 5.11 Å². The smallest absolute Gasteiger partial charge is 0.190 e. The van der Waals surface area contributed by atoms with E-state index in [4.69, 9.17) is 18.7 Å². The Hall–Kier alpha value is -1.73. The zero-order chi connectivity index (χ0) is 15.3. The van der Waals surface area contributed by atoms with Gasteiger partial charge in [-0.25, -0.2) is 0 Å². The van der Waals surface area contributed by atoms with Gasteiger partial charge in [-0.15, -0.1) is 0 Å². The molecule has 1 aromatic heterocycles. The second-order valence-electron chi connectivity index (χ2n) is 6.00. The summed E-state index contributed by atoms with van der Waals surface area (Å²) in [5.41, 5.74) is 1.45. The third kappa shape index (κ3) is 2.24. The van der Waals surface area contributed by atoms with Gasteiger partial charge in [-0.3, -0.25) is 0 Å². The van der Waals surface area contributed by atoms with Gasteiger partial charge in [0.1, 0.15) is 24.0 Å². The van der Waals surface area contributed by atoms with E-state index in [1.54, 1.807) is 19.9 Å². The van der Waals surface area contributed by atoms with Gasteiger partial charge in [0, 0.05) is 11.6 Å². The molecule has 0 amide bonds. The summed E-state index contributed by atoms with van der Waals surface area (Å²) in [6, 6.07) is 11.4. The normalized spacial score (nSPS) is 33.0. The largest absolute Gasteiger partial charge is 0.387 e. The van der Waals surface area contributed by atoms with Crippen LogP contribution in [-0.4, -0.2) is 34.5 Å². The maximum absolute atomic E-state index is 10.4. The van der Waals surface area contributed by atoms with Crippen LogP contribution >= 0.6 is 0 Å². The summed E-state index contributed by atoms with van der Waals surface area (Å²) in [6.45, 7) is 3.58. The maximum Gasteiger partial charge on any atom is 0.190 e.